The Morgan fingerprint density at radius 2 is 2.00 bits per heavy atom. The van der Waals surface area contributed by atoms with Gasteiger partial charge in [0.2, 0.25) is 0 Å². The second-order valence-corrected chi connectivity index (χ2v) is 5.35. The minimum atomic E-state index is -0.147. The van der Waals surface area contributed by atoms with E-state index in [0.717, 1.165) is 24.0 Å². The lowest BCUT2D eigenvalue weighted by molar-refractivity contribution is 0.531. The molecule has 0 fully saturated rings. The number of nitrogens with one attached hydrogen (secondary N) is 2. The molecule has 21 heavy (non-hydrogen) atoms. The number of benzene rings is 2. The molecule has 3 heteroatoms. The van der Waals surface area contributed by atoms with Gasteiger partial charge < -0.3 is 10.3 Å². The summed E-state index contributed by atoms with van der Waals surface area (Å²) in [5, 5.41) is 4.61. The highest BCUT2D eigenvalue weighted by Gasteiger charge is 2.09. The van der Waals surface area contributed by atoms with Crippen LogP contribution in [0.2, 0.25) is 0 Å². The lowest BCUT2D eigenvalue weighted by atomic mass is 10.1. The molecule has 1 heterocycles. The van der Waals surface area contributed by atoms with E-state index < -0.39 is 0 Å². The van der Waals surface area contributed by atoms with E-state index in [0.29, 0.717) is 0 Å². The molecular weight excluding hydrogens is 263 g/mol. The largest absolute Gasteiger partial charge is 0.361 e. The predicted octanol–water partition coefficient (Wildman–Crippen LogP) is 4.20. The van der Waals surface area contributed by atoms with Crippen molar-refractivity contribution in [1.82, 2.24) is 10.3 Å². The summed E-state index contributed by atoms with van der Waals surface area (Å²) in [6, 6.07) is 15.5. The number of H-pyrrole nitrogens is 1. The molecule has 1 aromatic heterocycles. The maximum Gasteiger partial charge on any atom is 0.127 e. The van der Waals surface area contributed by atoms with Crippen molar-refractivity contribution in [2.45, 2.75) is 19.4 Å². The van der Waals surface area contributed by atoms with E-state index in [1.807, 2.05) is 25.3 Å². The number of halogens is 1. The van der Waals surface area contributed by atoms with Crippen molar-refractivity contribution in [1.29, 1.82) is 0 Å². The first kappa shape index (κ1) is 13.8. The number of rotatable bonds is 5. The maximum absolute atomic E-state index is 13.7. The zero-order valence-electron chi connectivity index (χ0n) is 12.1. The molecular formula is C18H19FN2. The van der Waals surface area contributed by atoms with Crippen LogP contribution in [0.15, 0.2) is 54.7 Å². The fraction of sp³-hybridized carbons (Fsp3) is 0.222. The number of fused-ring (bicyclic) bond motifs is 1. The van der Waals surface area contributed by atoms with Crippen molar-refractivity contribution in [2.24, 2.45) is 0 Å². The van der Waals surface area contributed by atoms with Crippen LogP contribution in [-0.4, -0.2) is 11.5 Å². The van der Waals surface area contributed by atoms with Gasteiger partial charge in [-0.25, -0.2) is 4.39 Å². The Labute approximate surface area is 124 Å². The molecule has 0 aliphatic rings. The molecule has 0 bridgehead atoms. The molecule has 1 unspecified atom stereocenters. The van der Waals surface area contributed by atoms with Gasteiger partial charge in [-0.15, -0.1) is 0 Å². The Balaban J connectivity index is 1.59. The molecule has 0 aliphatic heterocycles. The van der Waals surface area contributed by atoms with Crippen molar-refractivity contribution in [2.75, 3.05) is 6.54 Å². The highest BCUT2D eigenvalue weighted by molar-refractivity contribution is 5.79. The van der Waals surface area contributed by atoms with Crippen LogP contribution in [0.3, 0.4) is 0 Å². The number of aromatic amines is 1. The van der Waals surface area contributed by atoms with E-state index in [2.05, 4.69) is 34.6 Å². The fourth-order valence-electron chi connectivity index (χ4n) is 2.63. The Kier molecular flexibility index (Phi) is 4.02. The van der Waals surface area contributed by atoms with Gasteiger partial charge in [0.15, 0.2) is 0 Å². The Morgan fingerprint density at radius 3 is 2.86 bits per heavy atom. The van der Waals surface area contributed by atoms with Crippen LogP contribution in [-0.2, 0) is 6.42 Å². The SMILES string of the molecule is CC(NCCc1ccc2[nH]ccc2c1)c1ccccc1F. The van der Waals surface area contributed by atoms with E-state index in [1.54, 1.807) is 6.07 Å². The second kappa shape index (κ2) is 6.10. The summed E-state index contributed by atoms with van der Waals surface area (Å²) in [5.74, 6) is -0.147. The normalized spacial score (nSPS) is 12.7. The molecule has 0 amide bonds. The summed E-state index contributed by atoms with van der Waals surface area (Å²) < 4.78 is 13.7. The monoisotopic (exact) mass is 282 g/mol. The Morgan fingerprint density at radius 1 is 1.14 bits per heavy atom. The smallest absolute Gasteiger partial charge is 0.127 e. The van der Waals surface area contributed by atoms with E-state index in [9.17, 15) is 4.39 Å². The molecule has 0 aliphatic carbocycles. The van der Waals surface area contributed by atoms with E-state index in [4.69, 9.17) is 0 Å². The van der Waals surface area contributed by atoms with Crippen LogP contribution in [0.4, 0.5) is 4.39 Å². The molecule has 108 valence electrons. The summed E-state index contributed by atoms with van der Waals surface area (Å²) in [7, 11) is 0. The topological polar surface area (TPSA) is 27.8 Å². The average molecular weight is 282 g/mol. The minimum absolute atomic E-state index is 0.0159. The molecule has 0 saturated carbocycles. The van der Waals surface area contributed by atoms with Crippen molar-refractivity contribution in [3.05, 3.63) is 71.7 Å². The number of hydrogen-bond donors (Lipinski definition) is 2. The van der Waals surface area contributed by atoms with E-state index >= 15 is 0 Å². The van der Waals surface area contributed by atoms with Crippen LogP contribution in [0.1, 0.15) is 24.1 Å². The van der Waals surface area contributed by atoms with Gasteiger partial charge in [-0.3, -0.25) is 0 Å². The molecule has 2 N–H and O–H groups in total. The molecule has 0 saturated heterocycles. The Hall–Kier alpha value is -2.13. The third-order valence-corrected chi connectivity index (χ3v) is 3.85. The Bertz CT molecular complexity index is 733. The minimum Gasteiger partial charge on any atom is -0.361 e. The third-order valence-electron chi connectivity index (χ3n) is 3.85. The predicted molar refractivity (Wildman–Crippen MR) is 84.8 cm³/mol. The highest BCUT2D eigenvalue weighted by atomic mass is 19.1. The van der Waals surface area contributed by atoms with Crippen molar-refractivity contribution in [3.8, 4) is 0 Å². The molecule has 3 rings (SSSR count). The summed E-state index contributed by atoms with van der Waals surface area (Å²) in [4.78, 5) is 3.19. The molecule has 1 atom stereocenters. The van der Waals surface area contributed by atoms with Gasteiger partial charge >= 0.3 is 0 Å². The van der Waals surface area contributed by atoms with E-state index in [-0.39, 0.29) is 11.9 Å². The molecule has 0 spiro atoms. The zero-order valence-corrected chi connectivity index (χ0v) is 12.1. The summed E-state index contributed by atoms with van der Waals surface area (Å²) in [6.45, 7) is 2.82. The first-order valence-corrected chi connectivity index (χ1v) is 7.28. The summed E-state index contributed by atoms with van der Waals surface area (Å²) in [5.41, 5.74) is 3.17. The van der Waals surface area contributed by atoms with Gasteiger partial charge in [-0.05, 0) is 55.1 Å². The summed E-state index contributed by atoms with van der Waals surface area (Å²) in [6.07, 6.45) is 2.88. The van der Waals surface area contributed by atoms with Crippen LogP contribution >= 0.6 is 0 Å². The second-order valence-electron chi connectivity index (χ2n) is 5.35. The van der Waals surface area contributed by atoms with Crippen LogP contribution < -0.4 is 5.32 Å². The maximum atomic E-state index is 13.7. The first-order chi connectivity index (χ1) is 10.2. The van der Waals surface area contributed by atoms with Gasteiger partial charge in [0.05, 0.1) is 0 Å². The van der Waals surface area contributed by atoms with E-state index in [1.165, 1.54) is 17.0 Å². The molecule has 2 nitrogen and oxygen atoms in total. The zero-order chi connectivity index (χ0) is 14.7. The van der Waals surface area contributed by atoms with Crippen molar-refractivity contribution in [3.63, 3.8) is 0 Å². The third kappa shape index (κ3) is 3.14. The van der Waals surface area contributed by atoms with Crippen LogP contribution in [0.5, 0.6) is 0 Å². The number of aromatic nitrogens is 1. The van der Waals surface area contributed by atoms with Crippen LogP contribution in [0.25, 0.3) is 10.9 Å². The lowest BCUT2D eigenvalue weighted by Gasteiger charge is -2.15. The molecule has 2 aromatic carbocycles. The van der Waals surface area contributed by atoms with Gasteiger partial charge in [0.1, 0.15) is 5.82 Å². The fourth-order valence-corrected chi connectivity index (χ4v) is 2.63. The van der Waals surface area contributed by atoms with Crippen molar-refractivity contribution >= 4 is 10.9 Å². The first-order valence-electron chi connectivity index (χ1n) is 7.28. The molecule has 0 radical (unpaired) electrons. The standard InChI is InChI=1S/C18H19FN2/c1-13(16-4-2-3-5-17(16)19)20-10-8-14-6-7-18-15(12-14)9-11-21-18/h2-7,9,11-13,20-21H,8,10H2,1H3. The van der Waals surface area contributed by atoms with Crippen molar-refractivity contribution < 1.29 is 4.39 Å². The van der Waals surface area contributed by atoms with Gasteiger partial charge in [-0.2, -0.15) is 0 Å². The quantitative estimate of drug-likeness (QED) is 0.721. The average Bonchev–Trinajstić information content (AvgIpc) is 2.95. The van der Waals surface area contributed by atoms with Crippen LogP contribution in [0, 0.1) is 5.82 Å². The van der Waals surface area contributed by atoms with Gasteiger partial charge in [-0.1, -0.05) is 24.3 Å². The molecule has 3 aromatic rings. The van der Waals surface area contributed by atoms with Gasteiger partial charge in [0.25, 0.3) is 0 Å². The van der Waals surface area contributed by atoms with Gasteiger partial charge in [0, 0.05) is 23.3 Å². The number of hydrogen-bond acceptors (Lipinski definition) is 1. The lowest BCUT2D eigenvalue weighted by Crippen LogP contribution is -2.22. The summed E-state index contributed by atoms with van der Waals surface area (Å²) >= 11 is 0. The highest BCUT2D eigenvalue weighted by Crippen LogP contribution is 2.17.